The summed E-state index contributed by atoms with van der Waals surface area (Å²) in [7, 11) is 1.55. The molecule has 0 heterocycles. The summed E-state index contributed by atoms with van der Waals surface area (Å²) in [5.74, 6) is -1.86. The Bertz CT molecular complexity index is 234. The van der Waals surface area contributed by atoms with Gasteiger partial charge in [-0.3, -0.25) is 4.79 Å². The normalized spacial score (nSPS) is 14.2. The van der Waals surface area contributed by atoms with Crippen LogP contribution in [0.4, 0.5) is 0 Å². The zero-order valence-electron chi connectivity index (χ0n) is 9.18. The van der Waals surface area contributed by atoms with E-state index >= 15 is 0 Å². The number of hydrogen-bond acceptors (Lipinski definition) is 5. The summed E-state index contributed by atoms with van der Waals surface area (Å²) in [6.07, 6.45) is -0.509. The third kappa shape index (κ3) is 6.33. The highest BCUT2D eigenvalue weighted by Crippen LogP contribution is 1.95. The van der Waals surface area contributed by atoms with Crippen LogP contribution < -0.4 is 11.1 Å². The molecule has 0 fully saturated rings. The zero-order chi connectivity index (χ0) is 12.6. The van der Waals surface area contributed by atoms with Gasteiger partial charge >= 0.3 is 5.97 Å². The monoisotopic (exact) mass is 234 g/mol. The van der Waals surface area contributed by atoms with E-state index in [2.05, 4.69) is 5.32 Å². The fourth-order valence-corrected chi connectivity index (χ4v) is 0.994. The Labute approximate surface area is 93.6 Å². The van der Waals surface area contributed by atoms with Gasteiger partial charge in [0.15, 0.2) is 6.10 Å². The Morgan fingerprint density at radius 2 is 2.12 bits per heavy atom. The van der Waals surface area contributed by atoms with Gasteiger partial charge in [0.25, 0.3) is 0 Å². The number of ether oxygens (including phenoxy) is 1. The molecule has 16 heavy (non-hydrogen) atoms. The lowest BCUT2D eigenvalue weighted by Gasteiger charge is -2.13. The van der Waals surface area contributed by atoms with Crippen molar-refractivity contribution in [2.45, 2.75) is 25.0 Å². The average molecular weight is 234 g/mol. The van der Waals surface area contributed by atoms with Gasteiger partial charge in [-0.25, -0.2) is 4.79 Å². The van der Waals surface area contributed by atoms with Crippen molar-refractivity contribution < 1.29 is 24.5 Å². The number of rotatable bonds is 8. The van der Waals surface area contributed by atoms with Crippen molar-refractivity contribution in [3.63, 3.8) is 0 Å². The van der Waals surface area contributed by atoms with Gasteiger partial charge < -0.3 is 26.0 Å². The lowest BCUT2D eigenvalue weighted by molar-refractivity contribution is -0.146. The van der Waals surface area contributed by atoms with Gasteiger partial charge in [-0.15, -0.1) is 0 Å². The number of amides is 1. The minimum Gasteiger partial charge on any atom is -0.479 e. The largest absolute Gasteiger partial charge is 0.479 e. The first-order valence-corrected chi connectivity index (χ1v) is 4.92. The molecule has 7 heteroatoms. The average Bonchev–Trinajstić information content (AvgIpc) is 2.25. The molecule has 0 aromatic heterocycles. The maximum Gasteiger partial charge on any atom is 0.334 e. The van der Waals surface area contributed by atoms with E-state index in [0.717, 1.165) is 0 Å². The second-order valence-corrected chi connectivity index (χ2v) is 3.34. The van der Waals surface area contributed by atoms with Crippen LogP contribution in [0, 0.1) is 0 Å². The van der Waals surface area contributed by atoms with Crippen molar-refractivity contribution >= 4 is 11.9 Å². The van der Waals surface area contributed by atoms with Gasteiger partial charge in [0.2, 0.25) is 5.91 Å². The molecule has 7 nitrogen and oxygen atoms in total. The molecule has 0 aliphatic rings. The minimum absolute atomic E-state index is 0.341. The SMILES string of the molecule is COCCCC(N)C(=O)NC[C@H](O)C(=O)O. The van der Waals surface area contributed by atoms with Gasteiger partial charge in [-0.2, -0.15) is 0 Å². The van der Waals surface area contributed by atoms with E-state index in [1.807, 2.05) is 0 Å². The molecule has 0 aromatic carbocycles. The third-order valence-electron chi connectivity index (χ3n) is 1.96. The summed E-state index contributed by atoms with van der Waals surface area (Å²) >= 11 is 0. The molecule has 2 atom stereocenters. The topological polar surface area (TPSA) is 122 Å². The summed E-state index contributed by atoms with van der Waals surface area (Å²) < 4.78 is 4.80. The number of nitrogens with two attached hydrogens (primary N) is 1. The van der Waals surface area contributed by atoms with E-state index in [4.69, 9.17) is 20.7 Å². The number of carboxylic acid groups (broad SMARTS) is 1. The predicted molar refractivity (Wildman–Crippen MR) is 55.7 cm³/mol. The van der Waals surface area contributed by atoms with E-state index in [0.29, 0.717) is 19.4 Å². The standard InChI is InChI=1S/C9H18N2O5/c1-16-4-2-3-6(10)8(13)11-5-7(12)9(14)15/h6-7,12H,2-5,10H2,1H3,(H,11,13)(H,14,15)/t6?,7-/m0/s1. The molecule has 94 valence electrons. The number of aliphatic hydroxyl groups excluding tert-OH is 1. The Morgan fingerprint density at radius 1 is 1.50 bits per heavy atom. The van der Waals surface area contributed by atoms with Crippen molar-refractivity contribution in [2.75, 3.05) is 20.3 Å². The lowest BCUT2D eigenvalue weighted by atomic mass is 10.1. The van der Waals surface area contributed by atoms with Crippen LogP contribution in [0.25, 0.3) is 0 Å². The van der Waals surface area contributed by atoms with Crippen LogP contribution in [-0.4, -0.2) is 54.5 Å². The molecule has 5 N–H and O–H groups in total. The highest BCUT2D eigenvalue weighted by molar-refractivity contribution is 5.82. The van der Waals surface area contributed by atoms with Crippen LogP contribution in [0.3, 0.4) is 0 Å². The highest BCUT2D eigenvalue weighted by Gasteiger charge is 2.17. The Balaban J connectivity index is 3.74. The van der Waals surface area contributed by atoms with Crippen LogP contribution in [-0.2, 0) is 14.3 Å². The van der Waals surface area contributed by atoms with Gasteiger partial charge in [-0.05, 0) is 12.8 Å². The van der Waals surface area contributed by atoms with Crippen LogP contribution in [0.2, 0.25) is 0 Å². The number of carbonyl (C=O) groups is 2. The van der Waals surface area contributed by atoms with Crippen molar-refractivity contribution in [2.24, 2.45) is 5.73 Å². The molecule has 0 aliphatic heterocycles. The molecule has 0 rings (SSSR count). The van der Waals surface area contributed by atoms with Crippen LogP contribution in [0.5, 0.6) is 0 Å². The number of methoxy groups -OCH3 is 1. The molecule has 0 bridgehead atoms. The van der Waals surface area contributed by atoms with Gasteiger partial charge in [0.1, 0.15) is 0 Å². The number of nitrogens with one attached hydrogen (secondary N) is 1. The lowest BCUT2D eigenvalue weighted by Crippen LogP contribution is -2.45. The number of aliphatic carboxylic acids is 1. The van der Waals surface area contributed by atoms with E-state index in [1.54, 1.807) is 7.11 Å². The molecule has 0 saturated heterocycles. The quantitative estimate of drug-likeness (QED) is 0.371. The molecule has 0 radical (unpaired) electrons. The van der Waals surface area contributed by atoms with E-state index < -0.39 is 24.0 Å². The summed E-state index contributed by atoms with van der Waals surface area (Å²) in [6, 6.07) is -0.712. The molecule has 0 aliphatic carbocycles. The Kier molecular flexibility index (Phi) is 7.44. The molecular formula is C9H18N2O5. The number of hydrogen-bond donors (Lipinski definition) is 4. The molecule has 0 saturated carbocycles. The second-order valence-electron chi connectivity index (χ2n) is 3.34. The molecule has 0 spiro atoms. The maximum atomic E-state index is 11.3. The zero-order valence-corrected chi connectivity index (χ0v) is 9.18. The minimum atomic E-state index is -1.60. The van der Waals surface area contributed by atoms with Gasteiger partial charge in [0, 0.05) is 13.7 Å². The fourth-order valence-electron chi connectivity index (χ4n) is 0.994. The smallest absolute Gasteiger partial charge is 0.334 e. The summed E-state index contributed by atoms with van der Waals surface area (Å²) in [5, 5.41) is 19.5. The van der Waals surface area contributed by atoms with Crippen molar-refractivity contribution in [3.05, 3.63) is 0 Å². The predicted octanol–water partition coefficient (Wildman–Crippen LogP) is -1.70. The van der Waals surface area contributed by atoms with E-state index in [-0.39, 0.29) is 6.54 Å². The molecular weight excluding hydrogens is 216 g/mol. The van der Waals surface area contributed by atoms with Crippen LogP contribution in [0.15, 0.2) is 0 Å². The van der Waals surface area contributed by atoms with Crippen molar-refractivity contribution in [1.82, 2.24) is 5.32 Å². The molecule has 0 aromatic rings. The maximum absolute atomic E-state index is 11.3. The number of carboxylic acids is 1. The molecule has 1 unspecified atom stereocenters. The summed E-state index contributed by atoms with van der Waals surface area (Å²) in [4.78, 5) is 21.5. The van der Waals surface area contributed by atoms with E-state index in [9.17, 15) is 9.59 Å². The van der Waals surface area contributed by atoms with Gasteiger partial charge in [0.05, 0.1) is 12.6 Å². The van der Waals surface area contributed by atoms with E-state index in [1.165, 1.54) is 0 Å². The van der Waals surface area contributed by atoms with Gasteiger partial charge in [-0.1, -0.05) is 0 Å². The Morgan fingerprint density at radius 3 is 2.62 bits per heavy atom. The molecule has 1 amide bonds. The summed E-state index contributed by atoms with van der Waals surface area (Å²) in [6.45, 7) is 0.172. The van der Waals surface area contributed by atoms with Crippen LogP contribution >= 0.6 is 0 Å². The van der Waals surface area contributed by atoms with Crippen molar-refractivity contribution in [1.29, 1.82) is 0 Å². The number of carbonyl (C=O) groups excluding carboxylic acids is 1. The first-order chi connectivity index (χ1) is 7.49. The highest BCUT2D eigenvalue weighted by atomic mass is 16.5. The first kappa shape index (κ1) is 14.8. The first-order valence-electron chi connectivity index (χ1n) is 4.92. The Hall–Kier alpha value is -1.18. The third-order valence-corrected chi connectivity index (χ3v) is 1.96. The van der Waals surface area contributed by atoms with Crippen molar-refractivity contribution in [3.8, 4) is 0 Å². The summed E-state index contributed by atoms with van der Waals surface area (Å²) in [5.41, 5.74) is 5.52. The fraction of sp³-hybridized carbons (Fsp3) is 0.778. The van der Waals surface area contributed by atoms with Crippen LogP contribution in [0.1, 0.15) is 12.8 Å². The second kappa shape index (κ2) is 8.03. The number of aliphatic hydroxyl groups is 1.